The number of piperidine rings is 1. The number of rotatable bonds is 7. The Kier molecular flexibility index (Phi) is 6.04. The van der Waals surface area contributed by atoms with Crippen LogP contribution in [0.3, 0.4) is 0 Å². The van der Waals surface area contributed by atoms with Crippen molar-refractivity contribution in [3.8, 4) is 0 Å². The zero-order valence-electron chi connectivity index (χ0n) is 15.3. The third-order valence-corrected chi connectivity index (χ3v) is 5.29. The van der Waals surface area contributed by atoms with Crippen molar-refractivity contribution >= 4 is 11.4 Å². The molecule has 2 heteroatoms. The predicted octanol–water partition coefficient (Wildman–Crippen LogP) is 4.89. The zero-order chi connectivity index (χ0) is 17.6. The second kappa shape index (κ2) is 8.44. The lowest BCUT2D eigenvalue weighted by atomic mass is 9.89. The summed E-state index contributed by atoms with van der Waals surface area (Å²) in [6.45, 7) is 9.32. The summed E-state index contributed by atoms with van der Waals surface area (Å²) in [4.78, 5) is 15.3. The summed E-state index contributed by atoms with van der Waals surface area (Å²) in [5, 5.41) is 0. The van der Waals surface area contributed by atoms with Crippen LogP contribution in [0.25, 0.3) is 5.57 Å². The number of hydrogen-bond acceptors (Lipinski definition) is 2. The molecule has 2 nitrogen and oxygen atoms in total. The van der Waals surface area contributed by atoms with Crippen molar-refractivity contribution in [2.45, 2.75) is 32.6 Å². The summed E-state index contributed by atoms with van der Waals surface area (Å²) < 4.78 is 0. The van der Waals surface area contributed by atoms with E-state index in [9.17, 15) is 4.79 Å². The third-order valence-electron chi connectivity index (χ3n) is 5.29. The van der Waals surface area contributed by atoms with Crippen molar-refractivity contribution in [2.24, 2.45) is 11.8 Å². The Hall–Kier alpha value is -1.93. The van der Waals surface area contributed by atoms with Crippen LogP contribution in [0.5, 0.6) is 0 Å². The minimum atomic E-state index is 0.121. The number of ketones is 1. The van der Waals surface area contributed by atoms with Crippen LogP contribution in [0.4, 0.5) is 0 Å². The van der Waals surface area contributed by atoms with Gasteiger partial charge in [-0.25, -0.2) is 0 Å². The van der Waals surface area contributed by atoms with Gasteiger partial charge >= 0.3 is 0 Å². The second-order valence-electron chi connectivity index (χ2n) is 7.37. The fraction of sp³-hybridized carbons (Fsp3) is 0.435. The summed E-state index contributed by atoms with van der Waals surface area (Å²) >= 11 is 0. The van der Waals surface area contributed by atoms with Crippen molar-refractivity contribution < 1.29 is 4.79 Å². The number of allylic oxidation sites excluding steroid dienone is 5. The molecule has 25 heavy (non-hydrogen) atoms. The van der Waals surface area contributed by atoms with Crippen molar-refractivity contribution in [3.63, 3.8) is 0 Å². The van der Waals surface area contributed by atoms with E-state index in [1.54, 1.807) is 0 Å². The van der Waals surface area contributed by atoms with E-state index >= 15 is 0 Å². The molecule has 1 aromatic rings. The lowest BCUT2D eigenvalue weighted by Crippen LogP contribution is -2.39. The summed E-state index contributed by atoms with van der Waals surface area (Å²) in [5.41, 5.74) is 2.91. The molecule has 1 aliphatic heterocycles. The molecule has 0 spiro atoms. The van der Waals surface area contributed by atoms with Gasteiger partial charge in [0.2, 0.25) is 0 Å². The number of hydrogen-bond donors (Lipinski definition) is 0. The number of nitrogens with zero attached hydrogens (tertiary/aromatic N) is 1. The van der Waals surface area contributed by atoms with E-state index in [0.717, 1.165) is 43.0 Å². The second-order valence-corrected chi connectivity index (χ2v) is 7.37. The Morgan fingerprint density at radius 1 is 1.20 bits per heavy atom. The molecule has 0 N–H and O–H groups in total. The van der Waals surface area contributed by atoms with E-state index in [0.29, 0.717) is 5.57 Å². The normalized spacial score (nSPS) is 22.3. The molecule has 1 saturated heterocycles. The quantitative estimate of drug-likeness (QED) is 0.522. The van der Waals surface area contributed by atoms with Gasteiger partial charge in [0, 0.05) is 24.6 Å². The Balaban J connectivity index is 1.58. The largest absolute Gasteiger partial charge is 0.302 e. The van der Waals surface area contributed by atoms with Crippen LogP contribution in [0.15, 0.2) is 60.7 Å². The Bertz CT molecular complexity index is 667. The summed E-state index contributed by atoms with van der Waals surface area (Å²) in [7, 11) is 0. The van der Waals surface area contributed by atoms with Gasteiger partial charge in [0.15, 0.2) is 5.78 Å². The van der Waals surface area contributed by atoms with Gasteiger partial charge in [0.05, 0.1) is 0 Å². The van der Waals surface area contributed by atoms with Crippen LogP contribution < -0.4 is 0 Å². The van der Waals surface area contributed by atoms with Crippen molar-refractivity contribution in [1.82, 2.24) is 4.90 Å². The molecule has 0 aromatic heterocycles. The molecular weight excluding hydrogens is 306 g/mol. The standard InChI is InChI=1S/C23H29NO/c1-3-20(21-8-5-4-6-9-21)14-11-18(2)23(25)22-10-7-15-24(17-22)16-19-12-13-19/h3-6,8-9,11,14,19,22H,2,7,10,12-13,15-17H2,1H3/b14-11-,20-3+. The number of benzene rings is 1. The van der Waals surface area contributed by atoms with Crippen LogP contribution >= 0.6 is 0 Å². The molecule has 2 fully saturated rings. The van der Waals surface area contributed by atoms with E-state index in [1.807, 2.05) is 37.3 Å². The number of carbonyl (C=O) groups is 1. The maximum Gasteiger partial charge on any atom is 0.166 e. The molecule has 132 valence electrons. The molecule has 1 aromatic carbocycles. The fourth-order valence-corrected chi connectivity index (χ4v) is 3.63. The van der Waals surface area contributed by atoms with Gasteiger partial charge in [0.25, 0.3) is 0 Å². The topological polar surface area (TPSA) is 20.3 Å². The fourth-order valence-electron chi connectivity index (χ4n) is 3.63. The van der Waals surface area contributed by atoms with E-state index < -0.39 is 0 Å². The molecule has 0 radical (unpaired) electrons. The first kappa shape index (κ1) is 17.9. The molecule has 1 heterocycles. The summed E-state index contributed by atoms with van der Waals surface area (Å²) in [6.07, 6.45) is 10.9. The van der Waals surface area contributed by atoms with Gasteiger partial charge in [-0.1, -0.05) is 55.1 Å². The Morgan fingerprint density at radius 3 is 2.64 bits per heavy atom. The van der Waals surface area contributed by atoms with E-state index in [-0.39, 0.29) is 11.7 Å². The van der Waals surface area contributed by atoms with E-state index in [4.69, 9.17) is 0 Å². The maximum atomic E-state index is 12.8. The molecule has 3 rings (SSSR count). The van der Waals surface area contributed by atoms with Crippen LogP contribution in [0.1, 0.15) is 38.2 Å². The lowest BCUT2D eigenvalue weighted by molar-refractivity contribution is -0.120. The lowest BCUT2D eigenvalue weighted by Gasteiger charge is -2.32. The molecule has 0 amide bonds. The highest BCUT2D eigenvalue weighted by atomic mass is 16.1. The van der Waals surface area contributed by atoms with Crippen molar-refractivity contribution in [3.05, 3.63) is 66.3 Å². The number of carbonyl (C=O) groups excluding carboxylic acids is 1. The van der Waals surface area contributed by atoms with E-state index in [1.165, 1.54) is 19.4 Å². The maximum absolute atomic E-state index is 12.8. The molecule has 2 aliphatic rings. The molecule has 1 atom stereocenters. The Labute approximate surface area is 151 Å². The van der Waals surface area contributed by atoms with Crippen LogP contribution in [-0.4, -0.2) is 30.3 Å². The molecule has 1 unspecified atom stereocenters. The highest BCUT2D eigenvalue weighted by Gasteiger charge is 2.30. The zero-order valence-corrected chi connectivity index (χ0v) is 15.3. The summed E-state index contributed by atoms with van der Waals surface area (Å²) in [6, 6.07) is 10.2. The first-order chi connectivity index (χ1) is 12.2. The predicted molar refractivity (Wildman–Crippen MR) is 105 cm³/mol. The minimum Gasteiger partial charge on any atom is -0.302 e. The minimum absolute atomic E-state index is 0.121. The molecule has 0 bridgehead atoms. The SMILES string of the molecule is C=C(/C=C\C(=C/C)c1ccccc1)C(=O)C1CCCN(CC2CC2)C1. The highest BCUT2D eigenvalue weighted by Crippen LogP contribution is 2.31. The highest BCUT2D eigenvalue weighted by molar-refractivity contribution is 5.99. The smallest absolute Gasteiger partial charge is 0.166 e. The monoisotopic (exact) mass is 335 g/mol. The molecule has 1 saturated carbocycles. The summed E-state index contributed by atoms with van der Waals surface area (Å²) in [5.74, 6) is 1.23. The van der Waals surface area contributed by atoms with Crippen LogP contribution in [-0.2, 0) is 4.79 Å². The van der Waals surface area contributed by atoms with Gasteiger partial charge in [0.1, 0.15) is 0 Å². The number of Topliss-reactive ketones (excluding diaryl/α,β-unsaturated/α-hetero) is 1. The van der Waals surface area contributed by atoms with Gasteiger partial charge in [-0.15, -0.1) is 0 Å². The third kappa shape index (κ3) is 5.02. The van der Waals surface area contributed by atoms with Crippen LogP contribution in [0, 0.1) is 11.8 Å². The average molecular weight is 335 g/mol. The van der Waals surface area contributed by atoms with E-state index in [2.05, 4.69) is 29.7 Å². The van der Waals surface area contributed by atoms with Gasteiger partial charge in [-0.2, -0.15) is 0 Å². The van der Waals surface area contributed by atoms with Crippen molar-refractivity contribution in [1.29, 1.82) is 0 Å². The van der Waals surface area contributed by atoms with Crippen molar-refractivity contribution in [2.75, 3.05) is 19.6 Å². The van der Waals surface area contributed by atoms with Gasteiger partial charge in [-0.3, -0.25) is 4.79 Å². The number of likely N-dealkylation sites (tertiary alicyclic amines) is 1. The van der Waals surface area contributed by atoms with Gasteiger partial charge < -0.3 is 4.90 Å². The average Bonchev–Trinajstić information content (AvgIpc) is 3.46. The first-order valence-electron chi connectivity index (χ1n) is 9.52. The Morgan fingerprint density at radius 2 is 1.96 bits per heavy atom. The molecular formula is C23H29NO. The molecule has 1 aliphatic carbocycles. The first-order valence-corrected chi connectivity index (χ1v) is 9.52. The van der Waals surface area contributed by atoms with Gasteiger partial charge in [-0.05, 0) is 56.2 Å². The van der Waals surface area contributed by atoms with Crippen LogP contribution in [0.2, 0.25) is 0 Å².